The van der Waals surface area contributed by atoms with Gasteiger partial charge in [-0.15, -0.1) is 0 Å². The number of hydrogen-bond acceptors (Lipinski definition) is 3. The van der Waals surface area contributed by atoms with Gasteiger partial charge in [-0.2, -0.15) is 0 Å². The molecule has 0 bridgehead atoms. The van der Waals surface area contributed by atoms with E-state index in [0.29, 0.717) is 5.56 Å². The van der Waals surface area contributed by atoms with Gasteiger partial charge in [0.1, 0.15) is 17.3 Å². The van der Waals surface area contributed by atoms with Gasteiger partial charge in [-0.05, 0) is 44.2 Å². The molecule has 1 atom stereocenters. The van der Waals surface area contributed by atoms with Gasteiger partial charge in [-0.3, -0.25) is 0 Å². The number of hydrogen-bond donors (Lipinski definition) is 2. The summed E-state index contributed by atoms with van der Waals surface area (Å²) in [7, 11) is 0. The average molecular weight is 277 g/mol. The Morgan fingerprint density at radius 3 is 2.75 bits per heavy atom. The second-order valence-corrected chi connectivity index (χ2v) is 4.66. The number of halogens is 1. The van der Waals surface area contributed by atoms with Crippen molar-refractivity contribution in [2.75, 3.05) is 0 Å². The summed E-state index contributed by atoms with van der Waals surface area (Å²) in [5.41, 5.74) is 0.393. The molecule has 0 aliphatic rings. The molecule has 0 radical (unpaired) electrons. The Bertz CT molecular complexity index is 621. The van der Waals surface area contributed by atoms with Crippen LogP contribution in [0.1, 0.15) is 40.4 Å². The predicted octanol–water partition coefficient (Wildman–Crippen LogP) is 3.28. The Kier molecular flexibility index (Phi) is 4.20. The van der Waals surface area contributed by atoms with Gasteiger partial charge in [-0.1, -0.05) is 0 Å². The number of aromatic carboxylic acids is 1. The number of rotatable bonds is 5. The number of carboxylic acid groups (broad SMARTS) is 1. The molecule has 106 valence electrons. The summed E-state index contributed by atoms with van der Waals surface area (Å²) in [6, 6.07) is 7.39. The number of carboxylic acids is 1. The second kappa shape index (κ2) is 5.88. The summed E-state index contributed by atoms with van der Waals surface area (Å²) >= 11 is 0. The lowest BCUT2D eigenvalue weighted by atomic mass is 10.1. The molecule has 1 unspecified atom stereocenters. The minimum atomic E-state index is -1.07. The maximum atomic E-state index is 13.6. The number of carbonyl (C=O) groups is 1. The maximum Gasteiger partial charge on any atom is 0.335 e. The highest BCUT2D eigenvalue weighted by molar-refractivity contribution is 5.87. The monoisotopic (exact) mass is 277 g/mol. The lowest BCUT2D eigenvalue weighted by molar-refractivity contribution is 0.0696. The van der Waals surface area contributed by atoms with Crippen molar-refractivity contribution < 1.29 is 18.7 Å². The summed E-state index contributed by atoms with van der Waals surface area (Å²) in [4.78, 5) is 10.9. The van der Waals surface area contributed by atoms with Crippen molar-refractivity contribution in [3.63, 3.8) is 0 Å². The highest BCUT2D eigenvalue weighted by atomic mass is 19.1. The van der Waals surface area contributed by atoms with Crippen LogP contribution in [-0.2, 0) is 6.54 Å². The third-order valence-corrected chi connectivity index (χ3v) is 3.08. The topological polar surface area (TPSA) is 62.5 Å². The van der Waals surface area contributed by atoms with Crippen LogP contribution in [0.25, 0.3) is 0 Å². The van der Waals surface area contributed by atoms with E-state index in [-0.39, 0.29) is 18.2 Å². The highest BCUT2D eigenvalue weighted by Gasteiger charge is 2.12. The Hall–Kier alpha value is -2.14. The minimum absolute atomic E-state index is 0.0738. The fourth-order valence-corrected chi connectivity index (χ4v) is 1.89. The van der Waals surface area contributed by atoms with Gasteiger partial charge < -0.3 is 14.8 Å². The van der Waals surface area contributed by atoms with Crippen molar-refractivity contribution in [3.8, 4) is 0 Å². The Labute approximate surface area is 116 Å². The van der Waals surface area contributed by atoms with Crippen LogP contribution in [0.15, 0.2) is 34.7 Å². The quantitative estimate of drug-likeness (QED) is 0.880. The van der Waals surface area contributed by atoms with Gasteiger partial charge in [0.05, 0.1) is 11.6 Å². The molecule has 20 heavy (non-hydrogen) atoms. The molecule has 1 aromatic heterocycles. The zero-order valence-corrected chi connectivity index (χ0v) is 11.3. The van der Waals surface area contributed by atoms with Gasteiger partial charge in [0, 0.05) is 12.1 Å². The summed E-state index contributed by atoms with van der Waals surface area (Å²) < 4.78 is 19.1. The molecule has 0 aliphatic carbocycles. The first kappa shape index (κ1) is 14.3. The summed E-state index contributed by atoms with van der Waals surface area (Å²) in [5.74, 6) is 0.0799. The van der Waals surface area contributed by atoms with E-state index in [1.165, 1.54) is 18.2 Å². The second-order valence-electron chi connectivity index (χ2n) is 4.66. The van der Waals surface area contributed by atoms with Crippen LogP contribution in [-0.4, -0.2) is 11.1 Å². The molecule has 0 spiro atoms. The molecule has 2 rings (SSSR count). The molecule has 0 amide bonds. The first-order valence-electron chi connectivity index (χ1n) is 6.29. The third kappa shape index (κ3) is 3.24. The molecule has 5 heteroatoms. The van der Waals surface area contributed by atoms with Crippen molar-refractivity contribution >= 4 is 5.97 Å². The van der Waals surface area contributed by atoms with Crippen molar-refractivity contribution in [2.45, 2.75) is 26.4 Å². The van der Waals surface area contributed by atoms with E-state index in [1.807, 2.05) is 26.0 Å². The zero-order chi connectivity index (χ0) is 14.7. The minimum Gasteiger partial charge on any atom is -0.478 e. The molecule has 0 saturated heterocycles. The van der Waals surface area contributed by atoms with Gasteiger partial charge in [-0.25, -0.2) is 9.18 Å². The van der Waals surface area contributed by atoms with Crippen LogP contribution in [0.5, 0.6) is 0 Å². The van der Waals surface area contributed by atoms with Gasteiger partial charge in [0.25, 0.3) is 0 Å². The third-order valence-electron chi connectivity index (χ3n) is 3.08. The van der Waals surface area contributed by atoms with Crippen LogP contribution >= 0.6 is 0 Å². The fourth-order valence-electron chi connectivity index (χ4n) is 1.89. The Morgan fingerprint density at radius 1 is 1.40 bits per heavy atom. The van der Waals surface area contributed by atoms with Gasteiger partial charge in [0.15, 0.2) is 0 Å². The molecular formula is C15H16FNO3. The average Bonchev–Trinajstić information content (AvgIpc) is 2.84. The van der Waals surface area contributed by atoms with E-state index in [0.717, 1.165) is 11.5 Å². The van der Waals surface area contributed by atoms with Crippen LogP contribution in [0, 0.1) is 12.7 Å². The highest BCUT2D eigenvalue weighted by Crippen LogP contribution is 2.17. The molecule has 2 aromatic rings. The lowest BCUT2D eigenvalue weighted by Gasteiger charge is -2.12. The standard InChI is InChI=1S/C15H16FNO3/c1-9-3-6-14(20-9)10(2)17-8-12-7-11(15(18)19)4-5-13(12)16/h3-7,10,17H,8H2,1-2H3,(H,18,19). The number of aryl methyl sites for hydroxylation is 1. The smallest absolute Gasteiger partial charge is 0.335 e. The zero-order valence-electron chi connectivity index (χ0n) is 11.3. The van der Waals surface area contributed by atoms with Crippen molar-refractivity contribution in [3.05, 3.63) is 58.8 Å². The first-order chi connectivity index (χ1) is 9.47. The van der Waals surface area contributed by atoms with E-state index in [2.05, 4.69) is 5.32 Å². The number of nitrogens with one attached hydrogen (secondary N) is 1. The van der Waals surface area contributed by atoms with Crippen LogP contribution in [0.3, 0.4) is 0 Å². The number of benzene rings is 1. The molecule has 0 aliphatic heterocycles. The number of furan rings is 1. The molecule has 1 aromatic carbocycles. The first-order valence-corrected chi connectivity index (χ1v) is 6.29. The predicted molar refractivity (Wildman–Crippen MR) is 72.1 cm³/mol. The molecule has 1 heterocycles. The Morgan fingerprint density at radius 2 is 2.15 bits per heavy atom. The van der Waals surface area contributed by atoms with E-state index in [9.17, 15) is 9.18 Å². The summed E-state index contributed by atoms with van der Waals surface area (Å²) in [6.45, 7) is 3.98. The van der Waals surface area contributed by atoms with Crippen LogP contribution in [0.2, 0.25) is 0 Å². The van der Waals surface area contributed by atoms with Crippen molar-refractivity contribution in [1.82, 2.24) is 5.32 Å². The molecule has 0 fully saturated rings. The largest absolute Gasteiger partial charge is 0.478 e. The maximum absolute atomic E-state index is 13.6. The molecule has 0 saturated carbocycles. The van der Waals surface area contributed by atoms with E-state index in [1.54, 1.807) is 0 Å². The summed E-state index contributed by atoms with van der Waals surface area (Å²) in [6.07, 6.45) is 0. The molecular weight excluding hydrogens is 261 g/mol. The van der Waals surface area contributed by atoms with E-state index in [4.69, 9.17) is 9.52 Å². The Balaban J connectivity index is 2.06. The van der Waals surface area contributed by atoms with Gasteiger partial charge in [0.2, 0.25) is 0 Å². The van der Waals surface area contributed by atoms with E-state index < -0.39 is 11.8 Å². The SMILES string of the molecule is Cc1ccc(C(C)NCc2cc(C(=O)O)ccc2F)o1. The lowest BCUT2D eigenvalue weighted by Crippen LogP contribution is -2.18. The fraction of sp³-hybridized carbons (Fsp3) is 0.267. The van der Waals surface area contributed by atoms with Crippen molar-refractivity contribution in [2.24, 2.45) is 0 Å². The molecule has 2 N–H and O–H groups in total. The van der Waals surface area contributed by atoms with Crippen molar-refractivity contribution in [1.29, 1.82) is 0 Å². The molecule has 4 nitrogen and oxygen atoms in total. The van der Waals surface area contributed by atoms with E-state index >= 15 is 0 Å². The normalized spacial score (nSPS) is 12.3. The van der Waals surface area contributed by atoms with Crippen LogP contribution in [0.4, 0.5) is 4.39 Å². The van der Waals surface area contributed by atoms with Crippen LogP contribution < -0.4 is 5.32 Å². The summed E-state index contributed by atoms with van der Waals surface area (Å²) in [5, 5.41) is 12.0. The van der Waals surface area contributed by atoms with Gasteiger partial charge >= 0.3 is 5.97 Å².